The lowest BCUT2D eigenvalue weighted by atomic mass is 9.97. The Morgan fingerprint density at radius 2 is 2.20 bits per heavy atom. The molecule has 0 fully saturated rings. The molecule has 104 valence electrons. The molecule has 0 spiro atoms. The Kier molecular flexibility index (Phi) is 3.20. The number of aryl methyl sites for hydroxylation is 1. The van der Waals surface area contributed by atoms with E-state index in [1.807, 2.05) is 18.2 Å². The minimum Gasteiger partial charge on any atom is -0.478 e. The van der Waals surface area contributed by atoms with Crippen LogP contribution in [0, 0.1) is 0 Å². The molecule has 0 amide bonds. The first kappa shape index (κ1) is 13.1. The lowest BCUT2D eigenvalue weighted by Crippen LogP contribution is -2.06. The van der Waals surface area contributed by atoms with Crippen LogP contribution < -0.4 is 0 Å². The van der Waals surface area contributed by atoms with Gasteiger partial charge in [0.1, 0.15) is 0 Å². The second-order valence-electron chi connectivity index (χ2n) is 5.50. The Balaban J connectivity index is 2.34. The maximum absolute atomic E-state index is 11.7. The molecule has 3 rings (SSSR count). The van der Waals surface area contributed by atoms with Crippen molar-refractivity contribution in [2.45, 2.75) is 45.4 Å². The highest BCUT2D eigenvalue weighted by Crippen LogP contribution is 2.38. The van der Waals surface area contributed by atoms with Crippen LogP contribution in [0.25, 0.3) is 10.9 Å². The van der Waals surface area contributed by atoms with Crippen molar-refractivity contribution in [3.8, 4) is 0 Å². The lowest BCUT2D eigenvalue weighted by molar-refractivity contribution is 0.0698. The number of nitrogens with zero attached hydrogens (tertiary/aromatic N) is 1. The summed E-state index contributed by atoms with van der Waals surface area (Å²) >= 11 is 0. The van der Waals surface area contributed by atoms with E-state index in [1.54, 1.807) is 0 Å². The predicted molar refractivity (Wildman–Crippen MR) is 79.4 cm³/mol. The van der Waals surface area contributed by atoms with Crippen molar-refractivity contribution >= 4 is 16.9 Å². The fourth-order valence-electron chi connectivity index (χ4n) is 3.28. The maximum atomic E-state index is 11.7. The van der Waals surface area contributed by atoms with Crippen LogP contribution >= 0.6 is 0 Å². The van der Waals surface area contributed by atoms with Crippen molar-refractivity contribution < 1.29 is 9.90 Å². The first-order chi connectivity index (χ1) is 9.65. The maximum Gasteiger partial charge on any atom is 0.336 e. The molecular formula is C17H19NO2. The van der Waals surface area contributed by atoms with Crippen molar-refractivity contribution in [2.75, 3.05) is 0 Å². The van der Waals surface area contributed by atoms with Gasteiger partial charge in [0.2, 0.25) is 0 Å². The SMILES string of the molecule is CCc1ccc2nc3c(c(C(=O)O)c2c1)CCC3CC. The van der Waals surface area contributed by atoms with E-state index in [2.05, 4.69) is 13.8 Å². The summed E-state index contributed by atoms with van der Waals surface area (Å²) < 4.78 is 0. The first-order valence-corrected chi connectivity index (χ1v) is 7.34. The number of hydrogen-bond acceptors (Lipinski definition) is 2. The van der Waals surface area contributed by atoms with E-state index < -0.39 is 5.97 Å². The van der Waals surface area contributed by atoms with Gasteiger partial charge in [-0.3, -0.25) is 4.98 Å². The summed E-state index contributed by atoms with van der Waals surface area (Å²) in [6.45, 7) is 4.22. The molecule has 1 heterocycles. The molecule has 0 bridgehead atoms. The van der Waals surface area contributed by atoms with Crippen LogP contribution in [0.4, 0.5) is 0 Å². The summed E-state index contributed by atoms with van der Waals surface area (Å²) in [5, 5.41) is 10.4. The van der Waals surface area contributed by atoms with Crippen molar-refractivity contribution in [1.82, 2.24) is 4.98 Å². The third-order valence-electron chi connectivity index (χ3n) is 4.43. The van der Waals surface area contributed by atoms with Gasteiger partial charge < -0.3 is 5.11 Å². The van der Waals surface area contributed by atoms with Gasteiger partial charge in [-0.25, -0.2) is 4.79 Å². The van der Waals surface area contributed by atoms with Gasteiger partial charge in [-0.15, -0.1) is 0 Å². The van der Waals surface area contributed by atoms with Gasteiger partial charge in [-0.2, -0.15) is 0 Å². The van der Waals surface area contributed by atoms with Gasteiger partial charge in [0.05, 0.1) is 11.1 Å². The van der Waals surface area contributed by atoms with Crippen LogP contribution in [0.5, 0.6) is 0 Å². The number of carboxylic acid groups (broad SMARTS) is 1. The third-order valence-corrected chi connectivity index (χ3v) is 4.43. The number of aromatic nitrogens is 1. The van der Waals surface area contributed by atoms with Crippen LogP contribution in [0.15, 0.2) is 18.2 Å². The molecule has 1 N–H and O–H groups in total. The lowest BCUT2D eigenvalue weighted by Gasteiger charge is -2.12. The van der Waals surface area contributed by atoms with Crippen LogP contribution in [0.3, 0.4) is 0 Å². The molecule has 3 nitrogen and oxygen atoms in total. The van der Waals surface area contributed by atoms with Gasteiger partial charge in [0.25, 0.3) is 0 Å². The molecular weight excluding hydrogens is 250 g/mol. The topological polar surface area (TPSA) is 50.2 Å². The average molecular weight is 269 g/mol. The van der Waals surface area contributed by atoms with E-state index in [-0.39, 0.29) is 0 Å². The number of carbonyl (C=O) groups is 1. The van der Waals surface area contributed by atoms with Crippen LogP contribution in [0.1, 0.15) is 59.8 Å². The number of rotatable bonds is 3. The minimum atomic E-state index is -0.821. The Morgan fingerprint density at radius 3 is 2.85 bits per heavy atom. The van der Waals surface area contributed by atoms with Gasteiger partial charge in [0, 0.05) is 17.0 Å². The minimum absolute atomic E-state index is 0.415. The summed E-state index contributed by atoms with van der Waals surface area (Å²) in [7, 11) is 0. The van der Waals surface area contributed by atoms with Crippen LogP contribution in [-0.2, 0) is 12.8 Å². The highest BCUT2D eigenvalue weighted by molar-refractivity contribution is 6.04. The second kappa shape index (κ2) is 4.89. The Labute approximate surface area is 118 Å². The Bertz CT molecular complexity index is 691. The molecule has 3 heteroatoms. The van der Waals surface area contributed by atoms with Crippen LogP contribution in [-0.4, -0.2) is 16.1 Å². The molecule has 0 saturated carbocycles. The summed E-state index contributed by atoms with van der Waals surface area (Å²) in [6, 6.07) is 6.00. The zero-order valence-electron chi connectivity index (χ0n) is 11.9. The van der Waals surface area contributed by atoms with Crippen molar-refractivity contribution in [2.24, 2.45) is 0 Å². The number of benzene rings is 1. The zero-order valence-corrected chi connectivity index (χ0v) is 11.9. The first-order valence-electron chi connectivity index (χ1n) is 7.34. The van der Waals surface area contributed by atoms with Crippen molar-refractivity contribution in [3.05, 3.63) is 40.6 Å². The molecule has 1 unspecified atom stereocenters. The molecule has 1 aliphatic rings. The second-order valence-corrected chi connectivity index (χ2v) is 5.50. The van der Waals surface area contributed by atoms with Gasteiger partial charge in [-0.05, 0) is 48.9 Å². The van der Waals surface area contributed by atoms with E-state index in [9.17, 15) is 9.90 Å². The highest BCUT2D eigenvalue weighted by atomic mass is 16.4. The Hall–Kier alpha value is -1.90. The number of fused-ring (bicyclic) bond motifs is 2. The molecule has 1 atom stereocenters. The standard InChI is InChI=1S/C17H19NO2/c1-3-10-5-8-14-13(9-10)15(17(19)20)12-7-6-11(4-2)16(12)18-14/h5,8-9,11H,3-4,6-7H2,1-2H3,(H,19,20). The quantitative estimate of drug-likeness (QED) is 0.918. The molecule has 2 aromatic rings. The van der Waals surface area contributed by atoms with Crippen molar-refractivity contribution in [3.63, 3.8) is 0 Å². The van der Waals surface area contributed by atoms with E-state index in [0.29, 0.717) is 11.5 Å². The molecule has 0 radical (unpaired) electrons. The highest BCUT2D eigenvalue weighted by Gasteiger charge is 2.29. The number of hydrogen-bond donors (Lipinski definition) is 1. The molecule has 1 aliphatic carbocycles. The molecule has 1 aromatic heterocycles. The van der Waals surface area contributed by atoms with E-state index in [1.165, 1.54) is 0 Å². The Morgan fingerprint density at radius 1 is 1.40 bits per heavy atom. The van der Waals surface area contributed by atoms with Gasteiger partial charge in [0.15, 0.2) is 0 Å². The smallest absolute Gasteiger partial charge is 0.336 e. The summed E-state index contributed by atoms with van der Waals surface area (Å²) in [4.78, 5) is 16.5. The van der Waals surface area contributed by atoms with Gasteiger partial charge in [-0.1, -0.05) is 19.9 Å². The molecule has 0 aliphatic heterocycles. The molecule has 20 heavy (non-hydrogen) atoms. The number of aromatic carboxylic acids is 1. The number of pyridine rings is 1. The monoisotopic (exact) mass is 269 g/mol. The summed E-state index contributed by atoms with van der Waals surface area (Å²) in [6.07, 6.45) is 3.80. The van der Waals surface area contributed by atoms with Crippen molar-refractivity contribution in [1.29, 1.82) is 0 Å². The fraction of sp³-hybridized carbons (Fsp3) is 0.412. The summed E-state index contributed by atoms with van der Waals surface area (Å²) in [5.41, 5.74) is 4.44. The molecule has 0 saturated heterocycles. The van der Waals surface area contributed by atoms with Crippen LogP contribution in [0.2, 0.25) is 0 Å². The van der Waals surface area contributed by atoms with E-state index in [4.69, 9.17) is 4.98 Å². The normalized spacial score (nSPS) is 17.4. The van der Waals surface area contributed by atoms with Gasteiger partial charge >= 0.3 is 5.97 Å². The summed E-state index contributed by atoms with van der Waals surface area (Å²) in [5.74, 6) is -0.406. The largest absolute Gasteiger partial charge is 0.478 e. The predicted octanol–water partition coefficient (Wildman–Crippen LogP) is 3.94. The average Bonchev–Trinajstić information content (AvgIpc) is 2.86. The van der Waals surface area contributed by atoms with E-state index in [0.717, 1.165) is 53.4 Å². The van der Waals surface area contributed by atoms with E-state index >= 15 is 0 Å². The number of carboxylic acids is 1. The third kappa shape index (κ3) is 1.89. The fourth-order valence-corrected chi connectivity index (χ4v) is 3.28. The zero-order chi connectivity index (χ0) is 14.3. The molecule has 1 aromatic carbocycles.